The number of aromatic amines is 1. The van der Waals surface area contributed by atoms with Gasteiger partial charge in [-0.05, 0) is 24.6 Å². The number of nitrogens with one attached hydrogen (secondary N) is 4. The quantitative estimate of drug-likeness (QED) is 0.372. The van der Waals surface area contributed by atoms with E-state index in [0.717, 1.165) is 29.8 Å². The maximum atomic E-state index is 14.2. The predicted octanol–water partition coefficient (Wildman–Crippen LogP) is 3.43. The molecule has 1 aromatic carbocycles. The molecule has 0 aliphatic rings. The van der Waals surface area contributed by atoms with Crippen LogP contribution in [0, 0.1) is 11.2 Å². The van der Waals surface area contributed by atoms with Crippen LogP contribution in [-0.2, 0) is 0 Å². The van der Waals surface area contributed by atoms with Gasteiger partial charge >= 0.3 is 6.03 Å². The SMILES string of the molecule is CCCCNC(=O)Nc1ncc2c(=O)n(-c3ccc(Cl)cc3F)[nH]c2c1C=N. The number of pyridine rings is 1. The molecule has 2 aromatic heterocycles. The zero-order chi connectivity index (χ0) is 20.3. The minimum atomic E-state index is -0.681. The first kappa shape index (κ1) is 19.6. The molecule has 28 heavy (non-hydrogen) atoms. The van der Waals surface area contributed by atoms with E-state index >= 15 is 0 Å². The lowest BCUT2D eigenvalue weighted by Gasteiger charge is -2.09. The first-order chi connectivity index (χ1) is 13.5. The van der Waals surface area contributed by atoms with Crippen molar-refractivity contribution in [1.29, 1.82) is 5.41 Å². The Hall–Kier alpha value is -3.20. The Morgan fingerprint density at radius 3 is 2.93 bits per heavy atom. The number of unbranched alkanes of at least 4 members (excludes halogenated alkanes) is 1. The molecule has 4 N–H and O–H groups in total. The predicted molar refractivity (Wildman–Crippen MR) is 106 cm³/mol. The lowest BCUT2D eigenvalue weighted by Crippen LogP contribution is -2.30. The van der Waals surface area contributed by atoms with Gasteiger partial charge in [-0.25, -0.2) is 18.9 Å². The summed E-state index contributed by atoms with van der Waals surface area (Å²) in [4.78, 5) is 28.7. The lowest BCUT2D eigenvalue weighted by atomic mass is 10.2. The van der Waals surface area contributed by atoms with Crippen molar-refractivity contribution in [2.45, 2.75) is 19.8 Å². The highest BCUT2D eigenvalue weighted by Gasteiger charge is 2.18. The van der Waals surface area contributed by atoms with Gasteiger partial charge in [0.25, 0.3) is 5.56 Å². The maximum Gasteiger partial charge on any atom is 0.320 e. The van der Waals surface area contributed by atoms with Crippen molar-refractivity contribution in [2.24, 2.45) is 0 Å². The third-order valence-corrected chi connectivity index (χ3v) is 4.35. The topological polar surface area (TPSA) is 116 Å². The van der Waals surface area contributed by atoms with Crippen LogP contribution in [0.3, 0.4) is 0 Å². The van der Waals surface area contributed by atoms with E-state index in [4.69, 9.17) is 17.0 Å². The molecule has 0 aliphatic heterocycles. The molecule has 10 heteroatoms. The van der Waals surface area contributed by atoms with Crippen LogP contribution < -0.4 is 16.2 Å². The first-order valence-corrected chi connectivity index (χ1v) is 8.98. The molecule has 2 amide bonds. The smallest absolute Gasteiger partial charge is 0.320 e. The Balaban J connectivity index is 2.03. The summed E-state index contributed by atoms with van der Waals surface area (Å²) >= 11 is 5.76. The van der Waals surface area contributed by atoms with Gasteiger partial charge in [0, 0.05) is 24.0 Å². The van der Waals surface area contributed by atoms with E-state index in [1.165, 1.54) is 18.3 Å². The highest BCUT2D eigenvalue weighted by Crippen LogP contribution is 2.22. The normalized spacial score (nSPS) is 10.8. The number of urea groups is 1. The van der Waals surface area contributed by atoms with Crippen LogP contribution in [0.1, 0.15) is 25.3 Å². The molecule has 0 bridgehead atoms. The molecule has 0 fully saturated rings. The number of benzene rings is 1. The molecular formula is C18H18ClFN6O2. The summed E-state index contributed by atoms with van der Waals surface area (Å²) in [5.41, 5.74) is -0.0966. The molecule has 0 saturated carbocycles. The molecule has 0 aliphatic carbocycles. The highest BCUT2D eigenvalue weighted by atomic mass is 35.5. The van der Waals surface area contributed by atoms with Gasteiger partial charge in [-0.15, -0.1) is 0 Å². The largest absolute Gasteiger partial charge is 0.338 e. The fourth-order valence-corrected chi connectivity index (χ4v) is 2.85. The second-order valence-corrected chi connectivity index (χ2v) is 6.47. The van der Waals surface area contributed by atoms with Crippen LogP contribution in [-0.4, -0.2) is 33.6 Å². The zero-order valence-electron chi connectivity index (χ0n) is 15.0. The Morgan fingerprint density at radius 1 is 1.46 bits per heavy atom. The Kier molecular flexibility index (Phi) is 5.74. The Bertz CT molecular complexity index is 1110. The number of carbonyl (C=O) groups is 1. The van der Waals surface area contributed by atoms with Crippen molar-refractivity contribution < 1.29 is 9.18 Å². The summed E-state index contributed by atoms with van der Waals surface area (Å²) in [6.45, 7) is 2.51. The molecule has 3 rings (SSSR count). The van der Waals surface area contributed by atoms with Crippen LogP contribution >= 0.6 is 11.6 Å². The number of rotatable bonds is 6. The molecular weight excluding hydrogens is 387 g/mol. The summed E-state index contributed by atoms with van der Waals surface area (Å²) in [5.74, 6) is -0.569. The number of nitrogens with zero attached hydrogens (tertiary/aromatic N) is 2. The van der Waals surface area contributed by atoms with Crippen LogP contribution in [0.15, 0.2) is 29.2 Å². The number of amides is 2. The minimum absolute atomic E-state index is 0.0200. The van der Waals surface area contributed by atoms with Gasteiger partial charge < -0.3 is 10.7 Å². The summed E-state index contributed by atoms with van der Waals surface area (Å²) < 4.78 is 15.2. The van der Waals surface area contributed by atoms with Gasteiger partial charge in [0.05, 0.1) is 16.5 Å². The molecule has 0 radical (unpaired) electrons. The number of hydrogen-bond acceptors (Lipinski definition) is 4. The van der Waals surface area contributed by atoms with Gasteiger partial charge in [-0.3, -0.25) is 15.2 Å². The highest BCUT2D eigenvalue weighted by molar-refractivity contribution is 6.30. The summed E-state index contributed by atoms with van der Waals surface area (Å²) in [6, 6.07) is 3.46. The second kappa shape index (κ2) is 8.22. The number of anilines is 1. The van der Waals surface area contributed by atoms with Crippen molar-refractivity contribution >= 4 is 40.6 Å². The van der Waals surface area contributed by atoms with E-state index in [1.54, 1.807) is 0 Å². The molecule has 3 aromatic rings. The van der Waals surface area contributed by atoms with Crippen molar-refractivity contribution in [2.75, 3.05) is 11.9 Å². The average molecular weight is 405 g/mol. The van der Waals surface area contributed by atoms with E-state index in [2.05, 4.69) is 20.7 Å². The van der Waals surface area contributed by atoms with Gasteiger partial charge in [0.15, 0.2) is 0 Å². The monoisotopic (exact) mass is 404 g/mol. The summed E-state index contributed by atoms with van der Waals surface area (Å²) in [5, 5.41) is 16.1. The summed E-state index contributed by atoms with van der Waals surface area (Å²) in [7, 11) is 0. The number of carbonyl (C=O) groups excluding carboxylic acids is 1. The molecule has 0 spiro atoms. The third-order valence-electron chi connectivity index (χ3n) is 4.12. The van der Waals surface area contributed by atoms with Crippen LogP contribution in [0.5, 0.6) is 0 Å². The number of hydrogen-bond donors (Lipinski definition) is 4. The standard InChI is InChI=1S/C18H18ClFN6O2/c1-2-3-6-22-18(28)24-16-11(8-21)15-12(9-23-16)17(27)26(25-15)14-5-4-10(19)7-13(14)20/h4-5,7-9,21,25H,2-3,6H2,1H3,(H2,22,23,24,28). The lowest BCUT2D eigenvalue weighted by molar-refractivity contribution is 0.252. The average Bonchev–Trinajstić information content (AvgIpc) is 2.98. The van der Waals surface area contributed by atoms with Crippen molar-refractivity contribution in [3.63, 3.8) is 0 Å². The number of aromatic nitrogens is 3. The van der Waals surface area contributed by atoms with Gasteiger partial charge in [0.2, 0.25) is 0 Å². The van der Waals surface area contributed by atoms with E-state index in [0.29, 0.717) is 6.54 Å². The van der Waals surface area contributed by atoms with E-state index in [-0.39, 0.29) is 33.0 Å². The first-order valence-electron chi connectivity index (χ1n) is 8.60. The fourth-order valence-electron chi connectivity index (χ4n) is 2.70. The van der Waals surface area contributed by atoms with E-state index in [9.17, 15) is 14.0 Å². The van der Waals surface area contributed by atoms with Gasteiger partial charge in [0.1, 0.15) is 17.3 Å². The van der Waals surface area contributed by atoms with E-state index < -0.39 is 17.4 Å². The summed E-state index contributed by atoms with van der Waals surface area (Å²) in [6.07, 6.45) is 4.01. The minimum Gasteiger partial charge on any atom is -0.338 e. The molecule has 0 unspecified atom stereocenters. The molecule has 146 valence electrons. The Morgan fingerprint density at radius 2 is 2.25 bits per heavy atom. The van der Waals surface area contributed by atoms with Crippen LogP contribution in [0.4, 0.5) is 15.0 Å². The number of H-pyrrole nitrogens is 1. The Labute approximate surface area is 164 Å². The zero-order valence-corrected chi connectivity index (χ0v) is 15.7. The van der Waals surface area contributed by atoms with Gasteiger partial charge in [-0.2, -0.15) is 0 Å². The van der Waals surface area contributed by atoms with Crippen LogP contribution in [0.25, 0.3) is 16.6 Å². The van der Waals surface area contributed by atoms with Gasteiger partial charge in [-0.1, -0.05) is 24.9 Å². The number of fused-ring (bicyclic) bond motifs is 1. The third kappa shape index (κ3) is 3.74. The molecule has 0 saturated heterocycles. The van der Waals surface area contributed by atoms with Crippen molar-refractivity contribution in [3.8, 4) is 5.69 Å². The molecule has 8 nitrogen and oxygen atoms in total. The van der Waals surface area contributed by atoms with Crippen LogP contribution in [0.2, 0.25) is 5.02 Å². The number of halogens is 2. The second-order valence-electron chi connectivity index (χ2n) is 6.04. The molecule has 2 heterocycles. The fraction of sp³-hybridized carbons (Fsp3) is 0.222. The van der Waals surface area contributed by atoms with E-state index in [1.807, 2.05) is 6.92 Å². The maximum absolute atomic E-state index is 14.2. The molecule has 0 atom stereocenters. The van der Waals surface area contributed by atoms with Crippen molar-refractivity contribution in [3.05, 3.63) is 51.2 Å². The van der Waals surface area contributed by atoms with Crippen molar-refractivity contribution in [1.82, 2.24) is 20.1 Å².